The maximum atomic E-state index is 11.4. The Bertz CT molecular complexity index is 381. The quantitative estimate of drug-likeness (QED) is 0.521. The van der Waals surface area contributed by atoms with Crippen LogP contribution in [0.4, 0.5) is 0 Å². The third-order valence-corrected chi connectivity index (χ3v) is 2.16. The van der Waals surface area contributed by atoms with Crippen molar-refractivity contribution in [1.29, 1.82) is 0 Å². The largest absolute Gasteiger partial charge is 0.383 e. The molecule has 0 radical (unpaired) electrons. The van der Waals surface area contributed by atoms with Crippen LogP contribution in [0.15, 0.2) is 24.5 Å². The van der Waals surface area contributed by atoms with Gasteiger partial charge in [0.05, 0.1) is 6.61 Å². The van der Waals surface area contributed by atoms with Gasteiger partial charge in [0, 0.05) is 32.6 Å². The molecule has 1 aromatic heterocycles. The van der Waals surface area contributed by atoms with E-state index in [0.717, 1.165) is 5.56 Å². The number of amides is 2. The van der Waals surface area contributed by atoms with Gasteiger partial charge in [-0.1, -0.05) is 6.07 Å². The smallest absolute Gasteiger partial charge is 0.229 e. The Kier molecular flexibility index (Phi) is 6.42. The first-order chi connectivity index (χ1) is 8.72. The highest BCUT2D eigenvalue weighted by atomic mass is 16.5. The van der Waals surface area contributed by atoms with E-state index in [1.54, 1.807) is 25.6 Å². The molecule has 1 aromatic rings. The molecule has 0 aromatic carbocycles. The van der Waals surface area contributed by atoms with Gasteiger partial charge in [-0.3, -0.25) is 14.6 Å². The van der Waals surface area contributed by atoms with Crippen molar-refractivity contribution in [2.45, 2.75) is 13.0 Å². The summed E-state index contributed by atoms with van der Waals surface area (Å²) in [5, 5.41) is 5.22. The maximum Gasteiger partial charge on any atom is 0.229 e. The Morgan fingerprint density at radius 1 is 1.33 bits per heavy atom. The number of aromatic nitrogens is 1. The Balaban J connectivity index is 2.19. The summed E-state index contributed by atoms with van der Waals surface area (Å²) in [7, 11) is 1.55. The fourth-order valence-electron chi connectivity index (χ4n) is 1.27. The van der Waals surface area contributed by atoms with Gasteiger partial charge in [0.1, 0.15) is 6.42 Å². The maximum absolute atomic E-state index is 11.4. The molecule has 0 aliphatic heterocycles. The van der Waals surface area contributed by atoms with Crippen molar-refractivity contribution in [2.75, 3.05) is 20.3 Å². The predicted octanol–water partition coefficient (Wildman–Crippen LogP) is -0.149. The molecule has 18 heavy (non-hydrogen) atoms. The zero-order valence-corrected chi connectivity index (χ0v) is 10.3. The normalized spacial score (nSPS) is 9.83. The molecule has 0 atom stereocenters. The third-order valence-electron chi connectivity index (χ3n) is 2.16. The molecule has 2 amide bonds. The Morgan fingerprint density at radius 3 is 2.78 bits per heavy atom. The van der Waals surface area contributed by atoms with E-state index >= 15 is 0 Å². The standard InChI is InChI=1S/C12H17N3O3/c1-18-6-5-14-11(16)7-12(17)15-9-10-3-2-4-13-8-10/h2-4,8H,5-7,9H2,1H3,(H,14,16)(H,15,17). The summed E-state index contributed by atoms with van der Waals surface area (Å²) >= 11 is 0. The number of methoxy groups -OCH3 is 1. The second-order valence-corrected chi connectivity index (χ2v) is 3.66. The molecule has 98 valence electrons. The molecular formula is C12H17N3O3. The lowest BCUT2D eigenvalue weighted by Crippen LogP contribution is -2.33. The van der Waals surface area contributed by atoms with Gasteiger partial charge in [-0.2, -0.15) is 0 Å². The van der Waals surface area contributed by atoms with Gasteiger partial charge in [0.2, 0.25) is 11.8 Å². The van der Waals surface area contributed by atoms with Crippen LogP contribution in [0.1, 0.15) is 12.0 Å². The average molecular weight is 251 g/mol. The number of carbonyl (C=O) groups is 2. The lowest BCUT2D eigenvalue weighted by atomic mass is 10.3. The molecule has 0 bridgehead atoms. The molecule has 1 heterocycles. The number of pyridine rings is 1. The number of nitrogens with one attached hydrogen (secondary N) is 2. The number of rotatable bonds is 7. The van der Waals surface area contributed by atoms with Crippen LogP contribution in [0.25, 0.3) is 0 Å². The highest BCUT2D eigenvalue weighted by molar-refractivity contribution is 5.96. The summed E-state index contributed by atoms with van der Waals surface area (Å²) in [6.45, 7) is 1.21. The summed E-state index contributed by atoms with van der Waals surface area (Å²) in [6, 6.07) is 3.64. The van der Waals surface area contributed by atoms with Crippen LogP contribution in [0, 0.1) is 0 Å². The summed E-state index contributed by atoms with van der Waals surface area (Å²) in [5.41, 5.74) is 0.894. The summed E-state index contributed by atoms with van der Waals surface area (Å²) in [4.78, 5) is 26.7. The molecular weight excluding hydrogens is 234 g/mol. The number of hydrogen-bond donors (Lipinski definition) is 2. The summed E-state index contributed by atoms with van der Waals surface area (Å²) < 4.78 is 4.78. The molecule has 0 aliphatic rings. The number of nitrogens with zero attached hydrogens (tertiary/aromatic N) is 1. The topological polar surface area (TPSA) is 80.3 Å². The van der Waals surface area contributed by atoms with Crippen molar-refractivity contribution in [3.05, 3.63) is 30.1 Å². The molecule has 0 spiro atoms. The van der Waals surface area contributed by atoms with Gasteiger partial charge < -0.3 is 15.4 Å². The van der Waals surface area contributed by atoms with Crippen LogP contribution >= 0.6 is 0 Å². The number of ether oxygens (including phenoxy) is 1. The minimum Gasteiger partial charge on any atom is -0.383 e. The summed E-state index contributed by atoms with van der Waals surface area (Å²) in [5.74, 6) is -0.621. The monoisotopic (exact) mass is 251 g/mol. The highest BCUT2D eigenvalue weighted by Gasteiger charge is 2.08. The third kappa shape index (κ3) is 5.95. The van der Waals surface area contributed by atoms with Crippen molar-refractivity contribution in [3.63, 3.8) is 0 Å². The van der Waals surface area contributed by atoms with Gasteiger partial charge >= 0.3 is 0 Å². The highest BCUT2D eigenvalue weighted by Crippen LogP contribution is 1.94. The SMILES string of the molecule is COCCNC(=O)CC(=O)NCc1cccnc1. The van der Waals surface area contributed by atoms with Crippen LogP contribution in [0.5, 0.6) is 0 Å². The Labute approximate surface area is 106 Å². The van der Waals surface area contributed by atoms with Crippen LogP contribution < -0.4 is 10.6 Å². The first kappa shape index (κ1) is 14.1. The molecule has 1 rings (SSSR count). The minimum absolute atomic E-state index is 0.177. The Hall–Kier alpha value is -1.95. The van der Waals surface area contributed by atoms with Crippen LogP contribution in [0.3, 0.4) is 0 Å². The molecule has 6 heteroatoms. The van der Waals surface area contributed by atoms with Crippen molar-refractivity contribution < 1.29 is 14.3 Å². The zero-order valence-electron chi connectivity index (χ0n) is 10.3. The van der Waals surface area contributed by atoms with E-state index in [4.69, 9.17) is 4.74 Å². The van der Waals surface area contributed by atoms with Crippen molar-refractivity contribution >= 4 is 11.8 Å². The predicted molar refractivity (Wildman–Crippen MR) is 65.6 cm³/mol. The number of hydrogen-bond acceptors (Lipinski definition) is 4. The molecule has 0 aliphatic carbocycles. The van der Waals surface area contributed by atoms with E-state index in [9.17, 15) is 9.59 Å². The first-order valence-electron chi connectivity index (χ1n) is 5.63. The molecule has 0 saturated heterocycles. The molecule has 2 N–H and O–H groups in total. The second-order valence-electron chi connectivity index (χ2n) is 3.66. The fourth-order valence-corrected chi connectivity index (χ4v) is 1.27. The zero-order chi connectivity index (χ0) is 13.2. The fraction of sp³-hybridized carbons (Fsp3) is 0.417. The molecule has 6 nitrogen and oxygen atoms in total. The van der Waals surface area contributed by atoms with E-state index in [-0.39, 0.29) is 18.2 Å². The number of carbonyl (C=O) groups excluding carboxylic acids is 2. The second kappa shape index (κ2) is 8.19. The molecule has 0 saturated carbocycles. The van der Waals surface area contributed by atoms with Gasteiger partial charge in [-0.05, 0) is 11.6 Å². The van der Waals surface area contributed by atoms with Gasteiger partial charge in [-0.25, -0.2) is 0 Å². The lowest BCUT2D eigenvalue weighted by molar-refractivity contribution is -0.129. The molecule has 0 fully saturated rings. The lowest BCUT2D eigenvalue weighted by Gasteiger charge is -2.06. The summed E-state index contributed by atoms with van der Waals surface area (Å²) in [6.07, 6.45) is 3.15. The van der Waals surface area contributed by atoms with Gasteiger partial charge in [0.25, 0.3) is 0 Å². The van der Waals surface area contributed by atoms with E-state index in [1.807, 2.05) is 6.07 Å². The van der Waals surface area contributed by atoms with Gasteiger partial charge in [-0.15, -0.1) is 0 Å². The Morgan fingerprint density at radius 2 is 2.11 bits per heavy atom. The van der Waals surface area contributed by atoms with Crippen molar-refractivity contribution in [1.82, 2.24) is 15.6 Å². The van der Waals surface area contributed by atoms with Crippen molar-refractivity contribution in [3.8, 4) is 0 Å². The van der Waals surface area contributed by atoms with Gasteiger partial charge in [0.15, 0.2) is 0 Å². The van der Waals surface area contributed by atoms with Crippen LogP contribution in [-0.2, 0) is 20.9 Å². The van der Waals surface area contributed by atoms with Crippen LogP contribution in [0.2, 0.25) is 0 Å². The van der Waals surface area contributed by atoms with E-state index < -0.39 is 0 Å². The van der Waals surface area contributed by atoms with E-state index in [2.05, 4.69) is 15.6 Å². The molecule has 0 unspecified atom stereocenters. The van der Waals surface area contributed by atoms with Crippen molar-refractivity contribution in [2.24, 2.45) is 0 Å². The average Bonchev–Trinajstić information content (AvgIpc) is 2.38. The minimum atomic E-state index is -0.311. The first-order valence-corrected chi connectivity index (χ1v) is 5.63. The van der Waals surface area contributed by atoms with Crippen LogP contribution in [-0.4, -0.2) is 37.1 Å². The van der Waals surface area contributed by atoms with E-state index in [0.29, 0.717) is 19.7 Å². The van der Waals surface area contributed by atoms with E-state index in [1.165, 1.54) is 0 Å².